The number of carbonyl (C=O) groups excluding carboxylic acids is 1. The van der Waals surface area contributed by atoms with Crippen molar-refractivity contribution >= 4 is 5.97 Å². The summed E-state index contributed by atoms with van der Waals surface area (Å²) in [7, 11) is 0. The zero-order valence-corrected chi connectivity index (χ0v) is 7.82. The third-order valence-electron chi connectivity index (χ3n) is 2.23. The molecule has 0 spiro atoms. The highest BCUT2D eigenvalue weighted by Gasteiger charge is 2.14. The van der Waals surface area contributed by atoms with Gasteiger partial charge >= 0.3 is 5.97 Å². The Morgan fingerprint density at radius 1 is 1.50 bits per heavy atom. The van der Waals surface area contributed by atoms with Gasteiger partial charge in [0.05, 0.1) is 6.61 Å². The fraction of sp³-hybridized carbons (Fsp3) is 0.400. The van der Waals surface area contributed by atoms with Gasteiger partial charge in [-0.1, -0.05) is 6.08 Å². The minimum absolute atomic E-state index is 0.171. The highest BCUT2D eigenvalue weighted by molar-refractivity contribution is 5.89. The third-order valence-corrected chi connectivity index (χ3v) is 2.23. The van der Waals surface area contributed by atoms with E-state index in [2.05, 4.69) is 10.2 Å². The maximum atomic E-state index is 11.2. The number of aromatic nitrogens is 2. The molecule has 0 aliphatic carbocycles. The Hall–Kier alpha value is -1.58. The van der Waals surface area contributed by atoms with Crippen LogP contribution in [0.2, 0.25) is 0 Å². The molecule has 0 radical (unpaired) electrons. The normalized spacial score (nSPS) is 16.3. The monoisotopic (exact) mass is 192 g/mol. The standard InChI is InChI=1S/C10H12N2O2/c13-10-8(2-1-7-14-10)3-4-9-5-6-11-12-9/h2,5-6H,1,3-4,7H2,(H,11,12). The van der Waals surface area contributed by atoms with Gasteiger partial charge in [0.1, 0.15) is 0 Å². The van der Waals surface area contributed by atoms with E-state index in [1.54, 1.807) is 6.20 Å². The second-order valence-electron chi connectivity index (χ2n) is 3.24. The highest BCUT2D eigenvalue weighted by Crippen LogP contribution is 2.13. The van der Waals surface area contributed by atoms with Crippen LogP contribution < -0.4 is 0 Å². The zero-order chi connectivity index (χ0) is 9.80. The summed E-state index contributed by atoms with van der Waals surface area (Å²) in [5.41, 5.74) is 1.83. The van der Waals surface area contributed by atoms with Crippen LogP contribution in [0.3, 0.4) is 0 Å². The van der Waals surface area contributed by atoms with Gasteiger partial charge in [-0.2, -0.15) is 5.10 Å². The van der Waals surface area contributed by atoms with Crippen molar-refractivity contribution in [1.82, 2.24) is 10.2 Å². The molecule has 74 valence electrons. The Morgan fingerprint density at radius 2 is 2.43 bits per heavy atom. The largest absolute Gasteiger partial charge is 0.462 e. The molecule has 14 heavy (non-hydrogen) atoms. The Balaban J connectivity index is 1.91. The molecular weight excluding hydrogens is 180 g/mol. The van der Waals surface area contributed by atoms with Crippen LogP contribution in [0.15, 0.2) is 23.9 Å². The van der Waals surface area contributed by atoms with E-state index in [9.17, 15) is 4.79 Å². The lowest BCUT2D eigenvalue weighted by Crippen LogP contribution is -2.14. The Morgan fingerprint density at radius 3 is 3.14 bits per heavy atom. The van der Waals surface area contributed by atoms with Crippen molar-refractivity contribution in [2.75, 3.05) is 6.61 Å². The van der Waals surface area contributed by atoms with Crippen LogP contribution in [0.4, 0.5) is 0 Å². The minimum atomic E-state index is -0.171. The van der Waals surface area contributed by atoms with Gasteiger partial charge in [0, 0.05) is 23.9 Å². The molecule has 1 N–H and O–H groups in total. The van der Waals surface area contributed by atoms with Crippen LogP contribution in [-0.2, 0) is 16.0 Å². The van der Waals surface area contributed by atoms with Gasteiger partial charge in [0.25, 0.3) is 0 Å². The number of hydrogen-bond donors (Lipinski definition) is 1. The molecule has 1 aliphatic heterocycles. The molecule has 2 rings (SSSR count). The van der Waals surface area contributed by atoms with E-state index in [0.717, 1.165) is 30.5 Å². The van der Waals surface area contributed by atoms with Gasteiger partial charge in [-0.3, -0.25) is 5.10 Å². The molecule has 0 atom stereocenters. The van der Waals surface area contributed by atoms with Crippen LogP contribution in [0.25, 0.3) is 0 Å². The van der Waals surface area contributed by atoms with E-state index < -0.39 is 0 Å². The number of aromatic amines is 1. The van der Waals surface area contributed by atoms with Crippen LogP contribution in [0.5, 0.6) is 0 Å². The van der Waals surface area contributed by atoms with E-state index in [-0.39, 0.29) is 5.97 Å². The summed E-state index contributed by atoms with van der Waals surface area (Å²) in [4.78, 5) is 11.2. The van der Waals surface area contributed by atoms with Crippen LogP contribution in [0.1, 0.15) is 18.5 Å². The molecule has 0 fully saturated rings. The molecule has 4 nitrogen and oxygen atoms in total. The van der Waals surface area contributed by atoms with Gasteiger partial charge in [-0.15, -0.1) is 0 Å². The second-order valence-corrected chi connectivity index (χ2v) is 3.24. The number of hydrogen-bond acceptors (Lipinski definition) is 3. The van der Waals surface area contributed by atoms with Crippen LogP contribution in [0, 0.1) is 0 Å². The summed E-state index contributed by atoms with van der Waals surface area (Å²) in [6.45, 7) is 0.520. The third kappa shape index (κ3) is 2.02. The van der Waals surface area contributed by atoms with Gasteiger partial charge in [-0.25, -0.2) is 4.79 Å². The van der Waals surface area contributed by atoms with Crippen molar-refractivity contribution in [2.24, 2.45) is 0 Å². The van der Waals surface area contributed by atoms with E-state index >= 15 is 0 Å². The molecule has 1 aromatic heterocycles. The smallest absolute Gasteiger partial charge is 0.333 e. The van der Waals surface area contributed by atoms with E-state index in [1.807, 2.05) is 12.1 Å². The highest BCUT2D eigenvalue weighted by atomic mass is 16.5. The van der Waals surface area contributed by atoms with Gasteiger partial charge in [0.15, 0.2) is 0 Å². The predicted octanol–water partition coefficient (Wildman–Crippen LogP) is 1.22. The lowest BCUT2D eigenvalue weighted by atomic mass is 10.1. The number of ether oxygens (including phenoxy) is 1. The molecule has 0 saturated carbocycles. The Labute approximate surface area is 82.0 Å². The second kappa shape index (κ2) is 4.09. The van der Waals surface area contributed by atoms with Crippen molar-refractivity contribution in [3.63, 3.8) is 0 Å². The summed E-state index contributed by atoms with van der Waals surface area (Å²) in [6.07, 6.45) is 6.04. The van der Waals surface area contributed by atoms with E-state index in [0.29, 0.717) is 6.61 Å². The number of aryl methyl sites for hydroxylation is 1. The van der Waals surface area contributed by atoms with Crippen LogP contribution in [-0.4, -0.2) is 22.8 Å². The Kier molecular flexibility index (Phi) is 2.62. The van der Waals surface area contributed by atoms with Crippen molar-refractivity contribution in [2.45, 2.75) is 19.3 Å². The number of esters is 1. The lowest BCUT2D eigenvalue weighted by Gasteiger charge is -2.11. The number of nitrogens with zero attached hydrogens (tertiary/aromatic N) is 1. The maximum absolute atomic E-state index is 11.2. The number of nitrogens with one attached hydrogen (secondary N) is 1. The zero-order valence-electron chi connectivity index (χ0n) is 7.82. The molecule has 2 heterocycles. The average molecular weight is 192 g/mol. The molecule has 1 aromatic rings. The number of cyclic esters (lactones) is 1. The number of carbonyl (C=O) groups is 1. The lowest BCUT2D eigenvalue weighted by molar-refractivity contribution is -0.140. The SMILES string of the molecule is O=C1OCCC=C1CCc1ccn[nH]1. The van der Waals surface area contributed by atoms with Crippen LogP contribution >= 0.6 is 0 Å². The minimum Gasteiger partial charge on any atom is -0.462 e. The van der Waals surface area contributed by atoms with Crippen molar-refractivity contribution in [3.8, 4) is 0 Å². The first-order valence-electron chi connectivity index (χ1n) is 4.70. The maximum Gasteiger partial charge on any atom is 0.333 e. The average Bonchev–Trinajstić information content (AvgIpc) is 2.69. The van der Waals surface area contributed by atoms with Crippen molar-refractivity contribution in [1.29, 1.82) is 0 Å². The summed E-state index contributed by atoms with van der Waals surface area (Å²) < 4.78 is 4.93. The summed E-state index contributed by atoms with van der Waals surface area (Å²) in [6, 6.07) is 1.91. The van der Waals surface area contributed by atoms with Gasteiger partial charge < -0.3 is 4.74 Å². The summed E-state index contributed by atoms with van der Waals surface area (Å²) >= 11 is 0. The van der Waals surface area contributed by atoms with Crippen molar-refractivity contribution < 1.29 is 9.53 Å². The first-order valence-corrected chi connectivity index (χ1v) is 4.70. The van der Waals surface area contributed by atoms with Crippen molar-refractivity contribution in [3.05, 3.63) is 29.6 Å². The molecule has 0 amide bonds. The fourth-order valence-electron chi connectivity index (χ4n) is 1.46. The summed E-state index contributed by atoms with van der Waals surface area (Å²) in [5, 5.41) is 6.71. The fourth-order valence-corrected chi connectivity index (χ4v) is 1.46. The molecule has 4 heteroatoms. The number of rotatable bonds is 3. The van der Waals surface area contributed by atoms with Gasteiger partial charge in [0.2, 0.25) is 0 Å². The quantitative estimate of drug-likeness (QED) is 0.732. The van der Waals surface area contributed by atoms with E-state index in [1.165, 1.54) is 0 Å². The predicted molar refractivity (Wildman–Crippen MR) is 50.6 cm³/mol. The van der Waals surface area contributed by atoms with E-state index in [4.69, 9.17) is 4.74 Å². The molecule has 0 saturated heterocycles. The Bertz CT molecular complexity index is 341. The first-order chi connectivity index (χ1) is 6.86. The molecular formula is C10H12N2O2. The molecule has 0 aromatic carbocycles. The number of H-pyrrole nitrogens is 1. The molecule has 0 unspecified atom stereocenters. The first kappa shape index (κ1) is 8.99. The molecule has 1 aliphatic rings. The van der Waals surface area contributed by atoms with Gasteiger partial charge in [-0.05, 0) is 18.9 Å². The topological polar surface area (TPSA) is 55.0 Å². The molecule has 0 bridgehead atoms. The summed E-state index contributed by atoms with van der Waals surface area (Å²) in [5.74, 6) is -0.171.